The molecule has 0 radical (unpaired) electrons. The second-order valence-electron chi connectivity index (χ2n) is 2.62. The van der Waals surface area contributed by atoms with Gasteiger partial charge in [0.1, 0.15) is 0 Å². The van der Waals surface area contributed by atoms with Gasteiger partial charge in [-0.25, -0.2) is 0 Å². The fourth-order valence-electron chi connectivity index (χ4n) is 0.957. The van der Waals surface area contributed by atoms with Gasteiger partial charge < -0.3 is 9.78 Å². The Morgan fingerprint density at radius 1 is 0.923 bits per heavy atom. The van der Waals surface area contributed by atoms with Crippen LogP contribution in [0.2, 0.25) is 0 Å². The molecule has 0 aliphatic heterocycles. The van der Waals surface area contributed by atoms with Crippen LogP contribution < -0.4 is 0 Å². The van der Waals surface area contributed by atoms with Crippen LogP contribution in [0.3, 0.4) is 0 Å². The maximum atomic E-state index is 3.80. The van der Waals surface area contributed by atoms with E-state index in [1.165, 1.54) is 38.5 Å². The Kier molecular flexibility index (Phi) is 66.1. The van der Waals surface area contributed by atoms with Gasteiger partial charge in [-0.2, -0.15) is 6.42 Å². The van der Waals surface area contributed by atoms with Crippen molar-refractivity contribution in [3.63, 3.8) is 0 Å². The summed E-state index contributed by atoms with van der Waals surface area (Å²) >= 11 is 0. The molecule has 0 fully saturated rings. The van der Waals surface area contributed by atoms with Crippen molar-refractivity contribution >= 4 is 47.9 Å². The van der Waals surface area contributed by atoms with Crippen LogP contribution in [0.25, 0.3) is 0 Å². The molecule has 0 atom stereocenters. The molecule has 0 heterocycles. The molecule has 4 heteroatoms. The summed E-state index contributed by atoms with van der Waals surface area (Å²) in [4.78, 5) is 0. The normalized spacial score (nSPS) is 6.92. The SMILES string of the molecule is Cl.Cl.[CH2-]CCCCCCCC.[H-].[H-].[Mg+2].[Ti]. The third kappa shape index (κ3) is 31.5. The molecule has 0 aromatic carbocycles. The van der Waals surface area contributed by atoms with Gasteiger partial charge in [0.15, 0.2) is 0 Å². The molecule has 0 bridgehead atoms. The first-order valence-corrected chi connectivity index (χ1v) is 4.21. The van der Waals surface area contributed by atoms with E-state index in [1.54, 1.807) is 0 Å². The number of unbranched alkanes of at least 4 members (excludes halogenated alkanes) is 6. The number of halogens is 2. The first kappa shape index (κ1) is 29.4. The van der Waals surface area contributed by atoms with Gasteiger partial charge in [-0.3, -0.25) is 0 Å². The van der Waals surface area contributed by atoms with Crippen molar-refractivity contribution < 1.29 is 24.6 Å². The molecule has 0 aliphatic carbocycles. The van der Waals surface area contributed by atoms with E-state index in [2.05, 4.69) is 13.8 Å². The fourth-order valence-corrected chi connectivity index (χ4v) is 0.957. The molecule has 0 spiro atoms. The average molecular weight is 274 g/mol. The first-order valence-electron chi connectivity index (χ1n) is 4.21. The van der Waals surface area contributed by atoms with E-state index in [-0.39, 0.29) is 72.4 Å². The number of hydrogen-bond acceptors (Lipinski definition) is 0. The van der Waals surface area contributed by atoms with Crippen molar-refractivity contribution in [3.05, 3.63) is 6.92 Å². The maximum Gasteiger partial charge on any atom is 2.00 e. The molecule has 0 N–H and O–H groups in total. The second-order valence-corrected chi connectivity index (χ2v) is 2.62. The summed E-state index contributed by atoms with van der Waals surface area (Å²) < 4.78 is 0. The van der Waals surface area contributed by atoms with Crippen molar-refractivity contribution in [2.75, 3.05) is 0 Å². The summed E-state index contributed by atoms with van der Waals surface area (Å²) in [6.07, 6.45) is 9.45. The van der Waals surface area contributed by atoms with Crippen molar-refractivity contribution in [2.45, 2.75) is 51.9 Å². The minimum Gasteiger partial charge on any atom is -1.00 e. The quantitative estimate of drug-likeness (QED) is 0.386. The Hall–Kier alpha value is 2.06. The third-order valence-corrected chi connectivity index (χ3v) is 1.60. The van der Waals surface area contributed by atoms with Crippen LogP contribution >= 0.6 is 24.8 Å². The predicted octanol–water partition coefficient (Wildman–Crippen LogP) is 4.26. The zero-order chi connectivity index (χ0) is 6.95. The molecule has 80 valence electrons. The van der Waals surface area contributed by atoms with Crippen molar-refractivity contribution in [2.24, 2.45) is 0 Å². The van der Waals surface area contributed by atoms with Gasteiger partial charge in [0.25, 0.3) is 0 Å². The Labute approximate surface area is 130 Å². The Balaban J connectivity index is -0.0000000213. The largest absolute Gasteiger partial charge is 2.00 e. The van der Waals surface area contributed by atoms with Gasteiger partial charge in [-0.15, -0.1) is 24.8 Å². The van der Waals surface area contributed by atoms with Crippen molar-refractivity contribution in [1.82, 2.24) is 0 Å². The minimum absolute atomic E-state index is 0. The zero-order valence-corrected chi connectivity index (χ0v) is 13.3. The molecule has 13 heavy (non-hydrogen) atoms. The van der Waals surface area contributed by atoms with Crippen molar-refractivity contribution in [1.29, 1.82) is 0 Å². The Bertz CT molecular complexity index is 59.4. The molecule has 0 rings (SSSR count). The monoisotopic (exact) mass is 273 g/mol. The van der Waals surface area contributed by atoms with E-state index in [4.69, 9.17) is 0 Å². The summed E-state index contributed by atoms with van der Waals surface area (Å²) in [6, 6.07) is 0. The average Bonchev–Trinajstić information content (AvgIpc) is 1.89. The minimum atomic E-state index is 0. The van der Waals surface area contributed by atoms with Gasteiger partial charge in [-0.05, 0) is 0 Å². The summed E-state index contributed by atoms with van der Waals surface area (Å²) in [5, 5.41) is 0. The van der Waals surface area contributed by atoms with Crippen LogP contribution in [0.15, 0.2) is 0 Å². The molecule has 0 amide bonds. The van der Waals surface area contributed by atoms with Gasteiger partial charge in [-0.1, -0.05) is 45.4 Å². The van der Waals surface area contributed by atoms with E-state index >= 15 is 0 Å². The Morgan fingerprint density at radius 2 is 1.31 bits per heavy atom. The van der Waals surface area contributed by atoms with Crippen LogP contribution in [0, 0.1) is 6.92 Å². The van der Waals surface area contributed by atoms with E-state index in [0.29, 0.717) is 0 Å². The van der Waals surface area contributed by atoms with E-state index in [9.17, 15) is 0 Å². The Morgan fingerprint density at radius 3 is 1.69 bits per heavy atom. The van der Waals surface area contributed by atoms with Gasteiger partial charge in [0.2, 0.25) is 0 Å². The third-order valence-electron chi connectivity index (χ3n) is 1.60. The van der Waals surface area contributed by atoms with Gasteiger partial charge >= 0.3 is 23.1 Å². The van der Waals surface area contributed by atoms with Gasteiger partial charge in [0.05, 0.1) is 0 Å². The van der Waals surface area contributed by atoms with E-state index in [0.717, 1.165) is 6.42 Å². The standard InChI is InChI=1S/C9H19.2ClH.Mg.Ti.2H/c1-3-5-7-9-8-6-4-2;;;;;;/h1,3-9H2,2H3;2*1H;;;;/q-1;;;+2;;2*-1. The molecule has 0 saturated heterocycles. The molecule has 0 nitrogen and oxygen atoms in total. The smallest absolute Gasteiger partial charge is 1.00 e. The molecular formula is C9H23Cl2MgTi-. The predicted molar refractivity (Wildman–Crippen MR) is 65.8 cm³/mol. The van der Waals surface area contributed by atoms with E-state index < -0.39 is 0 Å². The van der Waals surface area contributed by atoms with Crippen LogP contribution in [0.4, 0.5) is 0 Å². The summed E-state index contributed by atoms with van der Waals surface area (Å²) in [6.45, 7) is 6.05. The van der Waals surface area contributed by atoms with Crippen LogP contribution in [-0.4, -0.2) is 23.1 Å². The summed E-state index contributed by atoms with van der Waals surface area (Å²) in [7, 11) is 0. The van der Waals surface area contributed by atoms with Crippen LogP contribution in [-0.2, 0) is 21.7 Å². The van der Waals surface area contributed by atoms with Gasteiger partial charge in [0, 0.05) is 21.7 Å². The molecule has 0 aromatic rings. The molecule has 0 saturated carbocycles. The fraction of sp³-hybridized carbons (Fsp3) is 0.889. The summed E-state index contributed by atoms with van der Waals surface area (Å²) in [5.74, 6) is 0. The summed E-state index contributed by atoms with van der Waals surface area (Å²) in [5.41, 5.74) is 0. The van der Waals surface area contributed by atoms with Crippen LogP contribution in [0.5, 0.6) is 0 Å². The second kappa shape index (κ2) is 29.2. The molecular weight excluding hydrogens is 251 g/mol. The molecule has 0 aromatic heterocycles. The topological polar surface area (TPSA) is 0 Å². The van der Waals surface area contributed by atoms with Crippen molar-refractivity contribution in [3.8, 4) is 0 Å². The number of rotatable bonds is 6. The molecule has 0 aliphatic rings. The number of hydrogen-bond donors (Lipinski definition) is 0. The first-order chi connectivity index (χ1) is 4.41. The molecule has 0 unspecified atom stereocenters. The zero-order valence-electron chi connectivity index (χ0n) is 10.7. The van der Waals surface area contributed by atoms with E-state index in [1.807, 2.05) is 0 Å². The maximum absolute atomic E-state index is 3.80. The van der Waals surface area contributed by atoms with Crippen LogP contribution in [0.1, 0.15) is 54.7 Å².